The maximum atomic E-state index is 13.2. The number of piperazine rings is 1. The van der Waals surface area contributed by atoms with E-state index in [1.165, 1.54) is 12.1 Å². The summed E-state index contributed by atoms with van der Waals surface area (Å²) < 4.78 is 18.3. The van der Waals surface area contributed by atoms with E-state index >= 15 is 0 Å². The molecule has 1 aromatic carbocycles. The molecule has 2 rings (SSSR count). The molecule has 1 N–H and O–H groups in total. The smallest absolute Gasteiger partial charge is 0.407 e. The third-order valence-corrected chi connectivity index (χ3v) is 4.24. The molecule has 1 aliphatic heterocycles. The summed E-state index contributed by atoms with van der Waals surface area (Å²) in [5, 5.41) is 2.56. The first-order valence-electron chi connectivity index (χ1n) is 9.41. The largest absolute Gasteiger partial charge is 0.444 e. The lowest BCUT2D eigenvalue weighted by Gasteiger charge is -2.35. The van der Waals surface area contributed by atoms with Gasteiger partial charge in [-0.1, -0.05) is 12.1 Å². The summed E-state index contributed by atoms with van der Waals surface area (Å²) in [6.07, 6.45) is -0.227. The lowest BCUT2D eigenvalue weighted by Crippen LogP contribution is -2.51. The van der Waals surface area contributed by atoms with Gasteiger partial charge in [-0.15, -0.1) is 0 Å². The molecule has 1 heterocycles. The van der Waals surface area contributed by atoms with Crippen molar-refractivity contribution in [1.82, 2.24) is 15.1 Å². The van der Waals surface area contributed by atoms with Crippen LogP contribution in [-0.2, 0) is 20.7 Å². The van der Waals surface area contributed by atoms with Crippen LogP contribution in [0.5, 0.6) is 0 Å². The highest BCUT2D eigenvalue weighted by Gasteiger charge is 2.24. The van der Waals surface area contributed by atoms with Gasteiger partial charge in [0.2, 0.25) is 11.8 Å². The number of hydrogen-bond donors (Lipinski definition) is 1. The molecular weight excluding hydrogens is 365 g/mol. The van der Waals surface area contributed by atoms with Crippen LogP contribution in [0.3, 0.4) is 0 Å². The van der Waals surface area contributed by atoms with Gasteiger partial charge >= 0.3 is 6.09 Å². The van der Waals surface area contributed by atoms with Crippen molar-refractivity contribution in [1.29, 1.82) is 0 Å². The molecule has 7 nitrogen and oxygen atoms in total. The second-order valence-electron chi connectivity index (χ2n) is 7.75. The molecular formula is C20H28FN3O4. The van der Waals surface area contributed by atoms with Crippen molar-refractivity contribution >= 4 is 17.9 Å². The molecule has 0 bridgehead atoms. The molecule has 1 saturated heterocycles. The first-order chi connectivity index (χ1) is 13.1. The standard InChI is InChI=1S/C20H28FN3O4/c1-20(2,3)28-19(27)22-8-7-17(25)23-9-11-24(12-10-23)18(26)14-15-5-4-6-16(21)13-15/h4-6,13H,7-12,14H2,1-3H3,(H,22,27). The predicted molar refractivity (Wildman–Crippen MR) is 102 cm³/mol. The molecule has 8 heteroatoms. The number of ether oxygens (including phenoxy) is 1. The normalized spacial score (nSPS) is 14.6. The van der Waals surface area contributed by atoms with Crippen LogP contribution in [0.25, 0.3) is 0 Å². The molecule has 28 heavy (non-hydrogen) atoms. The number of benzene rings is 1. The molecule has 0 unspecified atom stereocenters. The minimum absolute atomic E-state index is 0.0757. The lowest BCUT2D eigenvalue weighted by atomic mass is 10.1. The van der Waals surface area contributed by atoms with E-state index in [-0.39, 0.29) is 37.0 Å². The molecule has 0 radical (unpaired) electrons. The van der Waals surface area contributed by atoms with E-state index in [4.69, 9.17) is 4.74 Å². The number of carbonyl (C=O) groups is 3. The number of nitrogens with zero attached hydrogens (tertiary/aromatic N) is 2. The summed E-state index contributed by atoms with van der Waals surface area (Å²) >= 11 is 0. The van der Waals surface area contributed by atoms with Crippen LogP contribution in [0, 0.1) is 5.82 Å². The molecule has 154 valence electrons. The van der Waals surface area contributed by atoms with Gasteiger partial charge in [0.25, 0.3) is 0 Å². The zero-order valence-electron chi connectivity index (χ0n) is 16.7. The Bertz CT molecular complexity index is 710. The average Bonchev–Trinajstić information content (AvgIpc) is 2.60. The molecule has 0 spiro atoms. The van der Waals surface area contributed by atoms with Crippen molar-refractivity contribution in [3.05, 3.63) is 35.6 Å². The minimum Gasteiger partial charge on any atom is -0.444 e. The molecule has 3 amide bonds. The van der Waals surface area contributed by atoms with E-state index < -0.39 is 11.7 Å². The Morgan fingerprint density at radius 2 is 1.68 bits per heavy atom. The van der Waals surface area contributed by atoms with E-state index in [0.29, 0.717) is 31.7 Å². The Hall–Kier alpha value is -2.64. The molecule has 0 atom stereocenters. The molecule has 0 saturated carbocycles. The van der Waals surface area contributed by atoms with Gasteiger partial charge < -0.3 is 19.9 Å². The summed E-state index contributed by atoms with van der Waals surface area (Å²) in [6.45, 7) is 7.29. The van der Waals surface area contributed by atoms with Crippen LogP contribution in [0.2, 0.25) is 0 Å². The molecule has 1 aliphatic rings. The van der Waals surface area contributed by atoms with E-state index in [2.05, 4.69) is 5.32 Å². The van der Waals surface area contributed by atoms with Gasteiger partial charge in [-0.2, -0.15) is 0 Å². The molecule has 1 aromatic rings. The Morgan fingerprint density at radius 3 is 2.25 bits per heavy atom. The monoisotopic (exact) mass is 393 g/mol. The topological polar surface area (TPSA) is 79.0 Å². The fraction of sp³-hybridized carbons (Fsp3) is 0.550. The van der Waals surface area contributed by atoms with Crippen molar-refractivity contribution in [2.24, 2.45) is 0 Å². The Morgan fingerprint density at radius 1 is 1.07 bits per heavy atom. The fourth-order valence-corrected chi connectivity index (χ4v) is 2.88. The Balaban J connectivity index is 1.70. The molecule has 0 aliphatic carbocycles. The predicted octanol–water partition coefficient (Wildman–Crippen LogP) is 1.95. The zero-order chi connectivity index (χ0) is 20.7. The fourth-order valence-electron chi connectivity index (χ4n) is 2.88. The van der Waals surface area contributed by atoms with Crippen LogP contribution < -0.4 is 5.32 Å². The number of halogens is 1. The number of carbonyl (C=O) groups excluding carboxylic acids is 3. The van der Waals surface area contributed by atoms with Gasteiger partial charge in [0, 0.05) is 39.1 Å². The quantitative estimate of drug-likeness (QED) is 0.829. The van der Waals surface area contributed by atoms with Crippen LogP contribution in [0.1, 0.15) is 32.8 Å². The maximum Gasteiger partial charge on any atom is 0.407 e. The third-order valence-electron chi connectivity index (χ3n) is 4.24. The highest BCUT2D eigenvalue weighted by atomic mass is 19.1. The summed E-state index contributed by atoms with van der Waals surface area (Å²) in [4.78, 5) is 39.6. The zero-order valence-corrected chi connectivity index (χ0v) is 16.7. The Kier molecular flexibility index (Phi) is 7.37. The lowest BCUT2D eigenvalue weighted by molar-refractivity contribution is -0.139. The second kappa shape index (κ2) is 9.52. The van der Waals surface area contributed by atoms with Crippen LogP contribution in [-0.4, -0.2) is 66.0 Å². The van der Waals surface area contributed by atoms with Gasteiger partial charge in [-0.3, -0.25) is 9.59 Å². The van der Waals surface area contributed by atoms with E-state index in [9.17, 15) is 18.8 Å². The summed E-state index contributed by atoms with van der Waals surface area (Å²) in [6, 6.07) is 6.00. The maximum absolute atomic E-state index is 13.2. The number of alkyl carbamates (subject to hydrolysis) is 1. The van der Waals surface area contributed by atoms with Gasteiger partial charge in [0.15, 0.2) is 0 Å². The van der Waals surface area contributed by atoms with Gasteiger partial charge in [-0.05, 0) is 38.5 Å². The van der Waals surface area contributed by atoms with Gasteiger partial charge in [0.05, 0.1) is 6.42 Å². The second-order valence-corrected chi connectivity index (χ2v) is 7.75. The first kappa shape index (κ1) is 21.7. The van der Waals surface area contributed by atoms with Crippen molar-refractivity contribution in [2.45, 2.75) is 39.2 Å². The number of nitrogens with one attached hydrogen (secondary N) is 1. The van der Waals surface area contributed by atoms with Crippen molar-refractivity contribution in [3.8, 4) is 0 Å². The molecule has 1 fully saturated rings. The van der Waals surface area contributed by atoms with E-state index in [1.54, 1.807) is 42.7 Å². The van der Waals surface area contributed by atoms with Crippen LogP contribution in [0.4, 0.5) is 9.18 Å². The molecule has 0 aromatic heterocycles. The first-order valence-corrected chi connectivity index (χ1v) is 9.41. The summed E-state index contributed by atoms with van der Waals surface area (Å²) in [7, 11) is 0. The van der Waals surface area contributed by atoms with Gasteiger partial charge in [-0.25, -0.2) is 9.18 Å². The minimum atomic E-state index is -0.581. The number of amides is 3. The number of rotatable bonds is 5. The van der Waals surface area contributed by atoms with Crippen LogP contribution in [0.15, 0.2) is 24.3 Å². The third kappa shape index (κ3) is 7.17. The van der Waals surface area contributed by atoms with E-state index in [0.717, 1.165) is 0 Å². The van der Waals surface area contributed by atoms with Crippen LogP contribution >= 0.6 is 0 Å². The summed E-state index contributed by atoms with van der Waals surface area (Å²) in [5.41, 5.74) is 0.0550. The highest BCUT2D eigenvalue weighted by molar-refractivity contribution is 5.80. The van der Waals surface area contributed by atoms with Crippen molar-refractivity contribution in [3.63, 3.8) is 0 Å². The van der Waals surface area contributed by atoms with Gasteiger partial charge in [0.1, 0.15) is 11.4 Å². The number of hydrogen-bond acceptors (Lipinski definition) is 4. The van der Waals surface area contributed by atoms with Crippen molar-refractivity contribution < 1.29 is 23.5 Å². The highest BCUT2D eigenvalue weighted by Crippen LogP contribution is 2.10. The summed E-state index contributed by atoms with van der Waals surface area (Å²) in [5.74, 6) is -0.515. The Labute approximate surface area is 164 Å². The SMILES string of the molecule is CC(C)(C)OC(=O)NCCC(=O)N1CCN(C(=O)Cc2cccc(F)c2)CC1. The van der Waals surface area contributed by atoms with Crippen molar-refractivity contribution in [2.75, 3.05) is 32.7 Å². The van der Waals surface area contributed by atoms with E-state index in [1.807, 2.05) is 0 Å². The average molecular weight is 393 g/mol.